The van der Waals surface area contributed by atoms with Crippen molar-refractivity contribution in [2.24, 2.45) is 0 Å². The van der Waals surface area contributed by atoms with E-state index in [1.54, 1.807) is 6.07 Å². The Morgan fingerprint density at radius 3 is 2.80 bits per heavy atom. The number of aromatic carboxylic acids is 1. The van der Waals surface area contributed by atoms with Crippen molar-refractivity contribution >= 4 is 5.97 Å². The molecule has 0 unspecified atom stereocenters. The van der Waals surface area contributed by atoms with Gasteiger partial charge in [-0.2, -0.15) is 5.26 Å². The Kier molecular flexibility index (Phi) is 1.42. The van der Waals surface area contributed by atoms with Gasteiger partial charge in [0.05, 0.1) is 5.56 Å². The largest absolute Gasteiger partial charge is 0.475 e. The zero-order valence-corrected chi connectivity index (χ0v) is 4.87. The Hall–Kier alpha value is -1.76. The Morgan fingerprint density at radius 1 is 1.80 bits per heavy atom. The smallest absolute Gasteiger partial charge is 0.371 e. The Bertz CT molecular complexity index is 294. The van der Waals surface area contributed by atoms with Crippen LogP contribution in [0, 0.1) is 11.3 Å². The molecule has 4 heteroatoms. The Morgan fingerprint density at radius 2 is 2.50 bits per heavy atom. The highest BCUT2D eigenvalue weighted by Gasteiger charge is 2.07. The Labute approximate surface area is 56.3 Å². The predicted octanol–water partition coefficient (Wildman–Crippen LogP) is 0.849. The molecule has 0 fully saturated rings. The minimum absolute atomic E-state index is 0.212. The van der Waals surface area contributed by atoms with Crippen LogP contribution in [0.4, 0.5) is 0 Å². The van der Waals surface area contributed by atoms with Gasteiger partial charge in [-0.25, -0.2) is 4.79 Å². The molecule has 1 aromatic heterocycles. The molecule has 0 aliphatic heterocycles. The summed E-state index contributed by atoms with van der Waals surface area (Å²) in [6.45, 7) is 0. The third kappa shape index (κ3) is 0.977. The molecule has 1 N–H and O–H groups in total. The van der Waals surface area contributed by atoms with Crippen LogP contribution in [0.2, 0.25) is 0 Å². The standard InChI is InChI=1S/C6H3NO3/c7-2-4-1-5(6(8)9)10-3-4/h1,3H,(H,8,9). The molecular weight excluding hydrogens is 134 g/mol. The monoisotopic (exact) mass is 137 g/mol. The first-order chi connectivity index (χ1) is 4.74. The molecule has 0 saturated heterocycles. The van der Waals surface area contributed by atoms with E-state index in [0.29, 0.717) is 0 Å². The molecule has 0 atom stereocenters. The summed E-state index contributed by atoms with van der Waals surface area (Å²) in [7, 11) is 0. The number of carboxylic acid groups (broad SMARTS) is 1. The molecule has 1 aromatic rings. The van der Waals surface area contributed by atoms with Crippen molar-refractivity contribution in [3.8, 4) is 6.07 Å². The second-order valence-corrected chi connectivity index (χ2v) is 1.62. The molecule has 0 aliphatic rings. The van der Waals surface area contributed by atoms with Crippen molar-refractivity contribution in [2.75, 3.05) is 0 Å². The average molecular weight is 137 g/mol. The molecule has 0 bridgehead atoms. The average Bonchev–Trinajstić information content (AvgIpc) is 2.34. The van der Waals surface area contributed by atoms with Crippen LogP contribution in [0.3, 0.4) is 0 Å². The van der Waals surface area contributed by atoms with Gasteiger partial charge in [-0.1, -0.05) is 0 Å². The minimum Gasteiger partial charge on any atom is -0.475 e. The summed E-state index contributed by atoms with van der Waals surface area (Å²) >= 11 is 0. The fourth-order valence-electron chi connectivity index (χ4n) is 0.507. The summed E-state index contributed by atoms with van der Waals surface area (Å²) in [5, 5.41) is 16.5. The van der Waals surface area contributed by atoms with Crippen LogP contribution in [-0.2, 0) is 0 Å². The second-order valence-electron chi connectivity index (χ2n) is 1.62. The van der Waals surface area contributed by atoms with Gasteiger partial charge >= 0.3 is 5.97 Å². The van der Waals surface area contributed by atoms with Gasteiger partial charge in [0, 0.05) is 6.07 Å². The normalized spacial score (nSPS) is 8.70. The lowest BCUT2D eigenvalue weighted by molar-refractivity contribution is 0.0662. The van der Waals surface area contributed by atoms with Crippen LogP contribution in [-0.4, -0.2) is 11.1 Å². The van der Waals surface area contributed by atoms with Crippen LogP contribution in [0.25, 0.3) is 0 Å². The zero-order valence-electron chi connectivity index (χ0n) is 4.87. The maximum Gasteiger partial charge on any atom is 0.371 e. The number of rotatable bonds is 1. The topological polar surface area (TPSA) is 74.2 Å². The van der Waals surface area contributed by atoms with Crippen LogP contribution >= 0.6 is 0 Å². The summed E-state index contributed by atoms with van der Waals surface area (Å²) in [5.41, 5.74) is 0.220. The van der Waals surface area contributed by atoms with E-state index in [1.807, 2.05) is 0 Å². The van der Waals surface area contributed by atoms with Gasteiger partial charge < -0.3 is 9.52 Å². The maximum atomic E-state index is 10.1. The minimum atomic E-state index is -1.17. The lowest BCUT2D eigenvalue weighted by Crippen LogP contribution is -1.91. The molecule has 0 saturated carbocycles. The second kappa shape index (κ2) is 2.23. The molecule has 0 spiro atoms. The summed E-state index contributed by atoms with van der Waals surface area (Å²) in [5.74, 6) is -1.38. The number of hydrogen-bond acceptors (Lipinski definition) is 3. The van der Waals surface area contributed by atoms with Crippen molar-refractivity contribution in [1.29, 1.82) is 5.26 Å². The molecule has 1 rings (SSSR count). The molecule has 4 nitrogen and oxygen atoms in total. The summed E-state index contributed by atoms with van der Waals surface area (Å²) in [6.07, 6.45) is 1.10. The maximum absolute atomic E-state index is 10.1. The van der Waals surface area contributed by atoms with Crippen LogP contribution in [0.15, 0.2) is 16.7 Å². The quantitative estimate of drug-likeness (QED) is 0.622. The highest BCUT2D eigenvalue weighted by Crippen LogP contribution is 2.05. The molecule has 50 valence electrons. The summed E-state index contributed by atoms with van der Waals surface area (Å²) < 4.78 is 4.49. The van der Waals surface area contributed by atoms with Gasteiger partial charge in [0.1, 0.15) is 12.3 Å². The van der Waals surface area contributed by atoms with Crippen LogP contribution in [0.5, 0.6) is 0 Å². The third-order valence-electron chi connectivity index (χ3n) is 0.939. The number of carboxylic acids is 1. The van der Waals surface area contributed by atoms with Crippen molar-refractivity contribution in [3.63, 3.8) is 0 Å². The van der Waals surface area contributed by atoms with Crippen molar-refractivity contribution in [3.05, 3.63) is 23.7 Å². The Balaban J connectivity index is 3.02. The number of nitriles is 1. The van der Waals surface area contributed by atoms with E-state index in [4.69, 9.17) is 10.4 Å². The van der Waals surface area contributed by atoms with Gasteiger partial charge in [0.25, 0.3) is 0 Å². The third-order valence-corrected chi connectivity index (χ3v) is 0.939. The first-order valence-electron chi connectivity index (χ1n) is 2.46. The molecule has 0 aromatic carbocycles. The molecular formula is C6H3NO3. The molecule has 0 aliphatic carbocycles. The van der Waals surface area contributed by atoms with E-state index in [0.717, 1.165) is 6.26 Å². The van der Waals surface area contributed by atoms with Gasteiger partial charge in [-0.3, -0.25) is 0 Å². The molecule has 0 amide bonds. The fourth-order valence-corrected chi connectivity index (χ4v) is 0.507. The van der Waals surface area contributed by atoms with Gasteiger partial charge in [-0.05, 0) is 0 Å². The van der Waals surface area contributed by atoms with Crippen molar-refractivity contribution in [2.45, 2.75) is 0 Å². The number of nitrogens with zero attached hydrogens (tertiary/aromatic N) is 1. The first kappa shape index (κ1) is 6.36. The molecule has 10 heavy (non-hydrogen) atoms. The van der Waals surface area contributed by atoms with Crippen LogP contribution in [0.1, 0.15) is 16.1 Å². The summed E-state index contributed by atoms with van der Waals surface area (Å²) in [6, 6.07) is 2.91. The van der Waals surface area contributed by atoms with E-state index < -0.39 is 5.97 Å². The van der Waals surface area contributed by atoms with E-state index in [-0.39, 0.29) is 11.3 Å². The van der Waals surface area contributed by atoms with E-state index >= 15 is 0 Å². The number of hydrogen-bond donors (Lipinski definition) is 1. The van der Waals surface area contributed by atoms with Gasteiger partial charge in [-0.15, -0.1) is 0 Å². The lowest BCUT2D eigenvalue weighted by atomic mass is 10.3. The summed E-state index contributed by atoms with van der Waals surface area (Å²) in [4.78, 5) is 10.1. The van der Waals surface area contributed by atoms with E-state index in [9.17, 15) is 4.79 Å². The fraction of sp³-hybridized carbons (Fsp3) is 0. The zero-order chi connectivity index (χ0) is 7.56. The van der Waals surface area contributed by atoms with E-state index in [1.165, 1.54) is 6.07 Å². The SMILES string of the molecule is N#Cc1coc(C(=O)O)c1. The van der Waals surface area contributed by atoms with E-state index in [2.05, 4.69) is 4.42 Å². The number of furan rings is 1. The van der Waals surface area contributed by atoms with Crippen molar-refractivity contribution < 1.29 is 14.3 Å². The van der Waals surface area contributed by atoms with Crippen LogP contribution < -0.4 is 0 Å². The van der Waals surface area contributed by atoms with Crippen molar-refractivity contribution in [1.82, 2.24) is 0 Å². The highest BCUT2D eigenvalue weighted by atomic mass is 16.4. The van der Waals surface area contributed by atoms with Gasteiger partial charge in [0.2, 0.25) is 5.76 Å². The predicted molar refractivity (Wildman–Crippen MR) is 30.4 cm³/mol. The first-order valence-corrected chi connectivity index (χ1v) is 2.46. The molecule has 1 heterocycles. The lowest BCUT2D eigenvalue weighted by Gasteiger charge is -1.79. The number of carbonyl (C=O) groups is 1. The van der Waals surface area contributed by atoms with Gasteiger partial charge in [0.15, 0.2) is 0 Å². The highest BCUT2D eigenvalue weighted by molar-refractivity contribution is 5.84. The molecule has 0 radical (unpaired) electrons.